The summed E-state index contributed by atoms with van der Waals surface area (Å²) in [5, 5.41) is 38.8. The van der Waals surface area contributed by atoms with Gasteiger partial charge in [0.1, 0.15) is 6.10 Å². The predicted octanol–water partition coefficient (Wildman–Crippen LogP) is 2.90. The number of aliphatic hydroxyl groups is 3. The summed E-state index contributed by atoms with van der Waals surface area (Å²) in [6.07, 6.45) is 15.2. The molecule has 0 amide bonds. The van der Waals surface area contributed by atoms with Gasteiger partial charge in [0.2, 0.25) is 0 Å². The van der Waals surface area contributed by atoms with Crippen LogP contribution < -0.4 is 0 Å². The lowest BCUT2D eigenvalue weighted by Gasteiger charge is -2.16. The monoisotopic (exact) mass is 394 g/mol. The maximum Gasteiger partial charge on any atom is 0.303 e. The van der Waals surface area contributed by atoms with Crippen molar-refractivity contribution in [3.05, 3.63) is 48.6 Å². The van der Waals surface area contributed by atoms with Crippen LogP contribution in [0.25, 0.3) is 0 Å². The molecule has 5 atom stereocenters. The van der Waals surface area contributed by atoms with E-state index in [1.807, 2.05) is 43.4 Å². The number of carboxylic acid groups (broad SMARTS) is 1. The van der Waals surface area contributed by atoms with Gasteiger partial charge in [-0.25, -0.2) is 0 Å². The molecule has 0 aromatic rings. The Morgan fingerprint density at radius 2 is 1.82 bits per heavy atom. The van der Waals surface area contributed by atoms with Crippen molar-refractivity contribution in [1.82, 2.24) is 0 Å². The van der Waals surface area contributed by atoms with Gasteiger partial charge in [0.15, 0.2) is 0 Å². The molecular formula is C22H34O6. The fraction of sp³-hybridized carbons (Fsp3) is 0.591. The number of allylic oxidation sites excluding steroid dienone is 4. The number of ether oxygens (including phenoxy) is 1. The minimum atomic E-state index is -0.807. The van der Waals surface area contributed by atoms with Crippen LogP contribution in [0, 0.1) is 0 Å². The number of aliphatic carboxylic acids is 1. The van der Waals surface area contributed by atoms with Crippen LogP contribution in [-0.2, 0) is 9.53 Å². The number of hydrogen-bond acceptors (Lipinski definition) is 5. The molecule has 0 unspecified atom stereocenters. The van der Waals surface area contributed by atoms with Gasteiger partial charge >= 0.3 is 5.97 Å². The van der Waals surface area contributed by atoms with E-state index in [4.69, 9.17) is 9.84 Å². The standard InChI is InChI=1S/C22H34O6/c1-2-3-8-11-17(23)14-15-20-19(25)16-21(28-20)18(24)12-9-6-4-5-7-10-13-22(26)27/h3,5-9,14-15,17-21,23-25H,2,4,10-13,16H2,1H3,(H,26,27)/b7-5-,8-3-,9-6-,15-14+/t17-,18+,19+,20+,21-/m1/s1. The Balaban J connectivity index is 2.31. The van der Waals surface area contributed by atoms with Crippen LogP contribution in [0.5, 0.6) is 0 Å². The summed E-state index contributed by atoms with van der Waals surface area (Å²) in [7, 11) is 0. The molecule has 0 aromatic heterocycles. The summed E-state index contributed by atoms with van der Waals surface area (Å²) < 4.78 is 5.72. The average Bonchev–Trinajstić information content (AvgIpc) is 3.03. The molecule has 0 saturated carbocycles. The summed E-state index contributed by atoms with van der Waals surface area (Å²) in [4.78, 5) is 10.4. The Bertz CT molecular complexity index is 551. The SMILES string of the molecule is CC/C=C\C[C@@H](O)/C=C/[C@@H]1O[C@@H]([C@@H](O)C/C=C\C/C=C\CCC(=O)O)C[C@@H]1O. The quantitative estimate of drug-likeness (QED) is 0.358. The third-order valence-electron chi connectivity index (χ3n) is 4.42. The lowest BCUT2D eigenvalue weighted by Crippen LogP contribution is -2.25. The second-order valence-electron chi connectivity index (χ2n) is 6.92. The first-order valence-electron chi connectivity index (χ1n) is 9.98. The zero-order valence-corrected chi connectivity index (χ0v) is 16.6. The van der Waals surface area contributed by atoms with E-state index in [2.05, 4.69) is 0 Å². The summed E-state index contributed by atoms with van der Waals surface area (Å²) >= 11 is 0. The van der Waals surface area contributed by atoms with Crippen LogP contribution >= 0.6 is 0 Å². The number of hydrogen-bond donors (Lipinski definition) is 4. The van der Waals surface area contributed by atoms with Crippen LogP contribution in [0.3, 0.4) is 0 Å². The Morgan fingerprint density at radius 3 is 2.54 bits per heavy atom. The van der Waals surface area contributed by atoms with E-state index in [0.717, 1.165) is 6.42 Å². The highest BCUT2D eigenvalue weighted by Gasteiger charge is 2.35. The van der Waals surface area contributed by atoms with Crippen molar-refractivity contribution in [2.45, 2.75) is 82.4 Å². The van der Waals surface area contributed by atoms with Crippen molar-refractivity contribution in [2.24, 2.45) is 0 Å². The highest BCUT2D eigenvalue weighted by atomic mass is 16.5. The topological polar surface area (TPSA) is 107 Å². The number of carboxylic acids is 1. The zero-order chi connectivity index (χ0) is 20.8. The number of carbonyl (C=O) groups is 1. The van der Waals surface area contributed by atoms with E-state index >= 15 is 0 Å². The van der Waals surface area contributed by atoms with Crippen LogP contribution in [0.15, 0.2) is 48.6 Å². The maximum atomic E-state index is 10.4. The first-order chi connectivity index (χ1) is 13.4. The van der Waals surface area contributed by atoms with E-state index in [-0.39, 0.29) is 6.42 Å². The summed E-state index contributed by atoms with van der Waals surface area (Å²) in [5.41, 5.74) is 0. The molecule has 6 heteroatoms. The molecule has 0 aromatic carbocycles. The van der Waals surface area contributed by atoms with Gasteiger partial charge in [0.25, 0.3) is 0 Å². The Morgan fingerprint density at radius 1 is 1.11 bits per heavy atom. The number of aliphatic hydroxyl groups excluding tert-OH is 3. The molecule has 1 heterocycles. The minimum Gasteiger partial charge on any atom is -0.481 e. The van der Waals surface area contributed by atoms with Gasteiger partial charge in [-0.05, 0) is 32.1 Å². The van der Waals surface area contributed by atoms with Crippen molar-refractivity contribution in [2.75, 3.05) is 0 Å². The zero-order valence-electron chi connectivity index (χ0n) is 16.6. The molecule has 6 nitrogen and oxygen atoms in total. The van der Waals surface area contributed by atoms with E-state index in [9.17, 15) is 20.1 Å². The molecule has 28 heavy (non-hydrogen) atoms. The van der Waals surface area contributed by atoms with Crippen LogP contribution in [0.4, 0.5) is 0 Å². The molecule has 0 aliphatic carbocycles. The van der Waals surface area contributed by atoms with Crippen molar-refractivity contribution in [1.29, 1.82) is 0 Å². The van der Waals surface area contributed by atoms with E-state index in [1.54, 1.807) is 12.2 Å². The summed E-state index contributed by atoms with van der Waals surface area (Å²) in [5.74, 6) is -0.807. The first kappa shape index (κ1) is 24.3. The van der Waals surface area contributed by atoms with Crippen LogP contribution in [0.2, 0.25) is 0 Å². The smallest absolute Gasteiger partial charge is 0.303 e. The molecule has 0 radical (unpaired) electrons. The molecule has 1 fully saturated rings. The Labute approximate surface area is 167 Å². The minimum absolute atomic E-state index is 0.127. The summed E-state index contributed by atoms with van der Waals surface area (Å²) in [6.45, 7) is 2.03. The molecule has 1 aliphatic heterocycles. The second-order valence-corrected chi connectivity index (χ2v) is 6.92. The van der Waals surface area contributed by atoms with Crippen molar-refractivity contribution >= 4 is 5.97 Å². The third kappa shape index (κ3) is 10.6. The molecule has 1 rings (SSSR count). The molecule has 1 aliphatic rings. The Hall–Kier alpha value is -1.73. The molecule has 1 saturated heterocycles. The van der Waals surface area contributed by atoms with Crippen molar-refractivity contribution in [3.8, 4) is 0 Å². The van der Waals surface area contributed by atoms with Crippen molar-refractivity contribution < 1.29 is 30.0 Å². The average molecular weight is 395 g/mol. The normalized spacial score (nSPS) is 25.5. The van der Waals surface area contributed by atoms with Gasteiger partial charge in [0, 0.05) is 12.8 Å². The van der Waals surface area contributed by atoms with E-state index < -0.39 is 36.5 Å². The first-order valence-corrected chi connectivity index (χ1v) is 9.98. The molecular weight excluding hydrogens is 360 g/mol. The lowest BCUT2D eigenvalue weighted by atomic mass is 10.0. The van der Waals surface area contributed by atoms with Crippen molar-refractivity contribution in [3.63, 3.8) is 0 Å². The predicted molar refractivity (Wildman–Crippen MR) is 109 cm³/mol. The number of rotatable bonds is 13. The summed E-state index contributed by atoms with van der Waals surface area (Å²) in [6, 6.07) is 0. The van der Waals surface area contributed by atoms with Gasteiger partial charge in [-0.2, -0.15) is 0 Å². The van der Waals surface area contributed by atoms with Gasteiger partial charge in [-0.3, -0.25) is 4.79 Å². The molecule has 0 bridgehead atoms. The fourth-order valence-corrected chi connectivity index (χ4v) is 2.84. The van der Waals surface area contributed by atoms with E-state index in [1.165, 1.54) is 0 Å². The highest BCUT2D eigenvalue weighted by Crippen LogP contribution is 2.25. The fourth-order valence-electron chi connectivity index (χ4n) is 2.84. The molecule has 158 valence electrons. The van der Waals surface area contributed by atoms with Gasteiger partial charge in [0.05, 0.1) is 24.4 Å². The van der Waals surface area contributed by atoms with Gasteiger partial charge in [-0.1, -0.05) is 55.5 Å². The largest absolute Gasteiger partial charge is 0.481 e. The molecule has 4 N–H and O–H groups in total. The Kier molecular flexibility index (Phi) is 12.4. The van der Waals surface area contributed by atoms with E-state index in [0.29, 0.717) is 32.1 Å². The highest BCUT2D eigenvalue weighted by molar-refractivity contribution is 5.66. The molecule has 0 spiro atoms. The van der Waals surface area contributed by atoms with Crippen LogP contribution in [-0.4, -0.2) is 56.9 Å². The van der Waals surface area contributed by atoms with Gasteiger partial charge < -0.3 is 25.2 Å². The van der Waals surface area contributed by atoms with Gasteiger partial charge in [-0.15, -0.1) is 0 Å². The van der Waals surface area contributed by atoms with Crippen LogP contribution in [0.1, 0.15) is 51.9 Å². The lowest BCUT2D eigenvalue weighted by molar-refractivity contribution is -0.136. The maximum absolute atomic E-state index is 10.4. The second kappa shape index (κ2) is 14.3. The third-order valence-corrected chi connectivity index (χ3v) is 4.42.